The van der Waals surface area contributed by atoms with Crippen LogP contribution in [0.3, 0.4) is 0 Å². The van der Waals surface area contributed by atoms with E-state index in [0.717, 1.165) is 22.0 Å². The summed E-state index contributed by atoms with van der Waals surface area (Å²) in [4.78, 5) is 19.0. The fraction of sp³-hybridized carbons (Fsp3) is 0.0909. The highest BCUT2D eigenvalue weighted by molar-refractivity contribution is 5.86. The van der Waals surface area contributed by atoms with Gasteiger partial charge in [-0.1, -0.05) is 30.3 Å². The molecule has 4 rings (SSSR count). The van der Waals surface area contributed by atoms with Crippen LogP contribution in [0.25, 0.3) is 10.9 Å². The normalized spacial score (nSPS) is 12.1. The van der Waals surface area contributed by atoms with Gasteiger partial charge in [-0.2, -0.15) is 0 Å². The number of pyridine rings is 1. The van der Waals surface area contributed by atoms with Crippen LogP contribution in [-0.2, 0) is 0 Å². The van der Waals surface area contributed by atoms with E-state index in [0.29, 0.717) is 5.69 Å². The van der Waals surface area contributed by atoms with E-state index in [2.05, 4.69) is 9.97 Å². The number of aromatic amines is 1. The molecule has 1 atom stereocenters. The van der Waals surface area contributed by atoms with Gasteiger partial charge in [0.15, 0.2) is 11.6 Å². The molecule has 0 saturated carbocycles. The number of halogens is 1. The van der Waals surface area contributed by atoms with Crippen LogP contribution in [0.2, 0.25) is 0 Å². The van der Waals surface area contributed by atoms with Crippen LogP contribution in [0.15, 0.2) is 66.9 Å². The monoisotopic (exact) mass is 376 g/mol. The molecule has 2 aromatic carbocycles. The summed E-state index contributed by atoms with van der Waals surface area (Å²) in [5.41, 5.74) is 3.12. The van der Waals surface area contributed by atoms with Crippen LogP contribution in [0, 0.1) is 5.82 Å². The predicted molar refractivity (Wildman–Crippen MR) is 103 cm³/mol. The lowest BCUT2D eigenvalue weighted by atomic mass is 9.87. The summed E-state index contributed by atoms with van der Waals surface area (Å²) in [6.45, 7) is 0. The molecule has 0 fully saturated rings. The van der Waals surface area contributed by atoms with Crippen molar-refractivity contribution >= 4 is 16.9 Å². The number of benzene rings is 2. The Kier molecular flexibility index (Phi) is 4.53. The van der Waals surface area contributed by atoms with Gasteiger partial charge in [0.25, 0.3) is 0 Å². The van der Waals surface area contributed by atoms with Crippen molar-refractivity contribution < 1.29 is 19.0 Å². The van der Waals surface area contributed by atoms with E-state index in [1.165, 1.54) is 19.2 Å². The van der Waals surface area contributed by atoms with Gasteiger partial charge in [0.2, 0.25) is 0 Å². The third-order valence-corrected chi connectivity index (χ3v) is 4.73. The minimum Gasteiger partial charge on any atom is -0.494 e. The van der Waals surface area contributed by atoms with Gasteiger partial charge >= 0.3 is 5.97 Å². The van der Waals surface area contributed by atoms with E-state index in [-0.39, 0.29) is 11.4 Å². The molecule has 1 unspecified atom stereocenters. The number of H-pyrrole nitrogens is 1. The molecule has 2 aromatic heterocycles. The lowest BCUT2D eigenvalue weighted by molar-refractivity contribution is 0.0690. The second-order valence-corrected chi connectivity index (χ2v) is 6.37. The Bertz CT molecular complexity index is 1170. The number of rotatable bonds is 5. The number of aromatic carboxylic acids is 1. The summed E-state index contributed by atoms with van der Waals surface area (Å²) in [5, 5.41) is 10.3. The summed E-state index contributed by atoms with van der Waals surface area (Å²) >= 11 is 0. The van der Waals surface area contributed by atoms with Gasteiger partial charge in [-0.05, 0) is 41.5 Å². The fourth-order valence-electron chi connectivity index (χ4n) is 3.43. The number of carboxylic acid groups (broad SMARTS) is 1. The second kappa shape index (κ2) is 7.15. The van der Waals surface area contributed by atoms with E-state index in [4.69, 9.17) is 4.74 Å². The zero-order chi connectivity index (χ0) is 19.7. The Morgan fingerprint density at radius 3 is 2.75 bits per heavy atom. The quantitative estimate of drug-likeness (QED) is 0.534. The number of hydrogen-bond donors (Lipinski definition) is 2. The summed E-state index contributed by atoms with van der Waals surface area (Å²) in [6, 6.07) is 17.3. The predicted octanol–water partition coefficient (Wildman–Crippen LogP) is 4.59. The Hall–Kier alpha value is -3.67. The highest BCUT2D eigenvalue weighted by Crippen LogP contribution is 2.37. The Balaban J connectivity index is 1.96. The van der Waals surface area contributed by atoms with Crippen molar-refractivity contribution in [2.45, 2.75) is 5.92 Å². The Labute approximate surface area is 160 Å². The van der Waals surface area contributed by atoms with Crippen molar-refractivity contribution in [2.75, 3.05) is 7.11 Å². The molecule has 0 aliphatic carbocycles. The number of carbonyl (C=O) groups is 1. The minimum absolute atomic E-state index is 0.0450. The number of ether oxygens (including phenoxy) is 1. The first-order valence-electron chi connectivity index (χ1n) is 8.68. The number of methoxy groups -OCH3 is 1. The molecule has 4 aromatic rings. The van der Waals surface area contributed by atoms with E-state index in [1.807, 2.05) is 30.5 Å². The molecule has 6 heteroatoms. The molecule has 0 aliphatic rings. The second-order valence-electron chi connectivity index (χ2n) is 6.37. The molecular formula is C22H17FN2O3. The number of nitrogens with one attached hydrogen (secondary N) is 1. The average molecular weight is 376 g/mol. The number of hydrogen-bond acceptors (Lipinski definition) is 3. The zero-order valence-corrected chi connectivity index (χ0v) is 15.0. The molecule has 0 bridgehead atoms. The largest absolute Gasteiger partial charge is 0.494 e. The first-order chi connectivity index (χ1) is 13.6. The standard InChI is InChI=1S/C22H17FN2O3/c1-28-20-11-13(9-10-16(20)23)21(18-7-4-8-19(25-18)22(26)27)15-12-24-17-6-3-2-5-14(15)17/h2-12,21,24H,1H3,(H,26,27). The van der Waals surface area contributed by atoms with Crippen molar-refractivity contribution in [2.24, 2.45) is 0 Å². The van der Waals surface area contributed by atoms with Crippen LogP contribution < -0.4 is 4.74 Å². The van der Waals surface area contributed by atoms with Crippen molar-refractivity contribution in [1.29, 1.82) is 0 Å². The van der Waals surface area contributed by atoms with E-state index in [1.54, 1.807) is 24.3 Å². The number of aromatic nitrogens is 2. The molecule has 2 heterocycles. The van der Waals surface area contributed by atoms with Gasteiger partial charge in [-0.15, -0.1) is 0 Å². The Morgan fingerprint density at radius 2 is 1.96 bits per heavy atom. The average Bonchev–Trinajstić information content (AvgIpc) is 3.13. The third-order valence-electron chi connectivity index (χ3n) is 4.73. The molecule has 0 amide bonds. The van der Waals surface area contributed by atoms with Crippen LogP contribution in [-0.4, -0.2) is 28.2 Å². The maximum absolute atomic E-state index is 14.0. The van der Waals surface area contributed by atoms with Crippen molar-refractivity contribution in [3.63, 3.8) is 0 Å². The van der Waals surface area contributed by atoms with Crippen molar-refractivity contribution in [3.05, 3.63) is 95.2 Å². The molecule has 5 nitrogen and oxygen atoms in total. The summed E-state index contributed by atoms with van der Waals surface area (Å²) in [6.07, 6.45) is 1.88. The summed E-state index contributed by atoms with van der Waals surface area (Å²) < 4.78 is 19.1. The van der Waals surface area contributed by atoms with Crippen molar-refractivity contribution in [1.82, 2.24) is 9.97 Å². The fourth-order valence-corrected chi connectivity index (χ4v) is 3.43. The lowest BCUT2D eigenvalue weighted by Gasteiger charge is -2.18. The van der Waals surface area contributed by atoms with E-state index in [9.17, 15) is 14.3 Å². The number of nitrogens with zero attached hydrogens (tertiary/aromatic N) is 1. The first kappa shape index (κ1) is 17.7. The minimum atomic E-state index is -1.10. The van der Waals surface area contributed by atoms with E-state index < -0.39 is 17.7 Å². The molecule has 0 aliphatic heterocycles. The van der Waals surface area contributed by atoms with Gasteiger partial charge in [0.1, 0.15) is 5.69 Å². The van der Waals surface area contributed by atoms with Gasteiger partial charge < -0.3 is 14.8 Å². The third kappa shape index (κ3) is 3.09. The van der Waals surface area contributed by atoms with E-state index >= 15 is 0 Å². The summed E-state index contributed by atoms with van der Waals surface area (Å²) in [7, 11) is 1.41. The van der Waals surface area contributed by atoms with Crippen LogP contribution >= 0.6 is 0 Å². The lowest BCUT2D eigenvalue weighted by Crippen LogP contribution is -2.09. The van der Waals surface area contributed by atoms with Crippen LogP contribution in [0.1, 0.15) is 33.2 Å². The van der Waals surface area contributed by atoms with Crippen LogP contribution in [0.4, 0.5) is 4.39 Å². The van der Waals surface area contributed by atoms with Gasteiger partial charge in [-0.25, -0.2) is 14.2 Å². The molecular weight excluding hydrogens is 359 g/mol. The Morgan fingerprint density at radius 1 is 1.14 bits per heavy atom. The first-order valence-corrected chi connectivity index (χ1v) is 8.68. The molecule has 0 spiro atoms. The molecule has 28 heavy (non-hydrogen) atoms. The zero-order valence-electron chi connectivity index (χ0n) is 15.0. The molecule has 0 radical (unpaired) electrons. The highest BCUT2D eigenvalue weighted by Gasteiger charge is 2.23. The SMILES string of the molecule is COc1cc(C(c2cccc(C(=O)O)n2)c2c[nH]c3ccccc23)ccc1F. The smallest absolute Gasteiger partial charge is 0.354 e. The number of fused-ring (bicyclic) bond motifs is 1. The molecule has 140 valence electrons. The van der Waals surface area contributed by atoms with Gasteiger partial charge in [-0.3, -0.25) is 0 Å². The molecule has 0 saturated heterocycles. The van der Waals surface area contributed by atoms with Gasteiger partial charge in [0, 0.05) is 17.1 Å². The molecule has 2 N–H and O–H groups in total. The highest BCUT2D eigenvalue weighted by atomic mass is 19.1. The maximum atomic E-state index is 14.0. The topological polar surface area (TPSA) is 75.2 Å². The van der Waals surface area contributed by atoms with Crippen molar-refractivity contribution in [3.8, 4) is 5.75 Å². The number of carboxylic acids is 1. The maximum Gasteiger partial charge on any atom is 0.354 e. The summed E-state index contributed by atoms with van der Waals surface area (Å²) in [5.74, 6) is -1.84. The number of para-hydroxylation sites is 1. The van der Waals surface area contributed by atoms with Gasteiger partial charge in [0.05, 0.1) is 18.7 Å². The van der Waals surface area contributed by atoms with Crippen LogP contribution in [0.5, 0.6) is 5.75 Å².